The molecule has 48 heavy (non-hydrogen) atoms. The van der Waals surface area contributed by atoms with Crippen LogP contribution in [0.1, 0.15) is 0 Å². The molecule has 0 spiro atoms. The molecule has 4 aromatic heterocycles. The van der Waals surface area contributed by atoms with Gasteiger partial charge < -0.3 is 4.42 Å². The Morgan fingerprint density at radius 3 is 2.04 bits per heavy atom. The molecule has 4 heterocycles. The summed E-state index contributed by atoms with van der Waals surface area (Å²) in [6, 6.07) is 46.8. The lowest BCUT2D eigenvalue weighted by atomic mass is 9.95. The Morgan fingerprint density at radius 1 is 0.479 bits per heavy atom. The summed E-state index contributed by atoms with van der Waals surface area (Å²) in [6.07, 6.45) is 3.70. The number of pyridine rings is 1. The second-order valence-electron chi connectivity index (χ2n) is 12.4. The average molecular weight is 613 g/mol. The lowest BCUT2D eigenvalue weighted by Gasteiger charge is -2.16. The van der Waals surface area contributed by atoms with Crippen LogP contribution in [0.2, 0.25) is 0 Å². The molecule has 0 N–H and O–H groups in total. The van der Waals surface area contributed by atoms with Gasteiger partial charge in [-0.2, -0.15) is 0 Å². The van der Waals surface area contributed by atoms with E-state index in [0.29, 0.717) is 5.95 Å². The maximum Gasteiger partial charge on any atom is 0.235 e. The molecule has 5 nitrogen and oxygen atoms in total. The van der Waals surface area contributed by atoms with Crippen LogP contribution in [0, 0.1) is 0 Å². The number of nitrogens with zero attached hydrogens (tertiary/aromatic N) is 4. The van der Waals surface area contributed by atoms with Crippen LogP contribution in [0.25, 0.3) is 104 Å². The van der Waals surface area contributed by atoms with Crippen molar-refractivity contribution >= 4 is 87.0 Å². The fourth-order valence-corrected chi connectivity index (χ4v) is 7.80. The van der Waals surface area contributed by atoms with Gasteiger partial charge in [-0.05, 0) is 69.4 Å². The first kappa shape index (κ1) is 25.6. The molecule has 11 rings (SSSR count). The quantitative estimate of drug-likeness (QED) is 0.182. The van der Waals surface area contributed by atoms with Gasteiger partial charge in [0, 0.05) is 50.3 Å². The number of rotatable bonds is 2. The summed E-state index contributed by atoms with van der Waals surface area (Å²) in [6.45, 7) is 0. The van der Waals surface area contributed by atoms with E-state index in [4.69, 9.17) is 14.4 Å². The molecule has 0 amide bonds. The molecule has 0 bridgehead atoms. The SMILES string of the molecule is c1cncc(-c2nc(-n3c4ccccc4c4cc5ccc6oc7ccccc7c6c5cc43)nc3c4ccccc4c4ccccc4c23)c1. The van der Waals surface area contributed by atoms with Crippen molar-refractivity contribution in [2.45, 2.75) is 0 Å². The van der Waals surface area contributed by atoms with Gasteiger partial charge in [0.25, 0.3) is 0 Å². The van der Waals surface area contributed by atoms with Gasteiger partial charge in [0.2, 0.25) is 5.95 Å². The third-order valence-electron chi connectivity index (χ3n) is 9.85. The van der Waals surface area contributed by atoms with Crippen molar-refractivity contribution in [2.75, 3.05) is 0 Å². The van der Waals surface area contributed by atoms with E-state index < -0.39 is 0 Å². The first-order valence-corrected chi connectivity index (χ1v) is 16.1. The van der Waals surface area contributed by atoms with E-state index in [1.54, 1.807) is 6.20 Å². The molecule has 222 valence electrons. The third-order valence-corrected chi connectivity index (χ3v) is 9.85. The lowest BCUT2D eigenvalue weighted by molar-refractivity contribution is 0.669. The zero-order valence-corrected chi connectivity index (χ0v) is 25.6. The van der Waals surface area contributed by atoms with Crippen LogP contribution in [0.3, 0.4) is 0 Å². The van der Waals surface area contributed by atoms with E-state index in [2.05, 4.69) is 125 Å². The van der Waals surface area contributed by atoms with E-state index in [9.17, 15) is 0 Å². The van der Waals surface area contributed by atoms with Gasteiger partial charge >= 0.3 is 0 Å². The number of para-hydroxylation sites is 2. The Bertz CT molecular complexity index is 3120. The highest BCUT2D eigenvalue weighted by atomic mass is 16.3. The summed E-state index contributed by atoms with van der Waals surface area (Å²) in [5, 5.41) is 12.4. The van der Waals surface area contributed by atoms with Crippen molar-refractivity contribution in [3.63, 3.8) is 0 Å². The monoisotopic (exact) mass is 612 g/mol. The fourth-order valence-electron chi connectivity index (χ4n) is 7.80. The van der Waals surface area contributed by atoms with E-state index in [1.165, 1.54) is 10.8 Å². The second kappa shape index (κ2) is 9.47. The van der Waals surface area contributed by atoms with E-state index in [1.807, 2.05) is 24.4 Å². The van der Waals surface area contributed by atoms with Crippen molar-refractivity contribution in [3.8, 4) is 17.2 Å². The predicted octanol–water partition coefficient (Wildman–Crippen LogP) is 11.1. The normalized spacial score (nSPS) is 12.2. The molecular formula is C43H24N4O. The van der Waals surface area contributed by atoms with Gasteiger partial charge in [-0.3, -0.25) is 9.55 Å². The van der Waals surface area contributed by atoms with Crippen LogP contribution in [-0.2, 0) is 0 Å². The summed E-state index contributed by atoms with van der Waals surface area (Å²) in [7, 11) is 0. The molecule has 0 atom stereocenters. The molecule has 0 radical (unpaired) electrons. The zero-order valence-electron chi connectivity index (χ0n) is 25.6. The van der Waals surface area contributed by atoms with Gasteiger partial charge in [0.15, 0.2) is 0 Å². The fraction of sp³-hybridized carbons (Fsp3) is 0. The maximum atomic E-state index is 6.30. The maximum absolute atomic E-state index is 6.30. The van der Waals surface area contributed by atoms with E-state index in [-0.39, 0.29) is 0 Å². The Morgan fingerprint density at radius 2 is 1.21 bits per heavy atom. The third kappa shape index (κ3) is 3.42. The van der Waals surface area contributed by atoms with Crippen molar-refractivity contribution < 1.29 is 4.42 Å². The number of benzene rings is 7. The zero-order chi connectivity index (χ0) is 31.3. The molecule has 0 aliphatic heterocycles. The van der Waals surface area contributed by atoms with Crippen LogP contribution in [0.15, 0.2) is 150 Å². The minimum absolute atomic E-state index is 0.622. The predicted molar refractivity (Wildman–Crippen MR) is 197 cm³/mol. The summed E-state index contributed by atoms with van der Waals surface area (Å²) in [5.41, 5.74) is 6.59. The highest BCUT2D eigenvalue weighted by Gasteiger charge is 2.22. The first-order chi connectivity index (χ1) is 23.8. The van der Waals surface area contributed by atoms with Crippen LogP contribution in [0.4, 0.5) is 0 Å². The highest BCUT2D eigenvalue weighted by molar-refractivity contribution is 6.27. The Hall–Kier alpha value is -6.59. The number of furan rings is 1. The summed E-state index contributed by atoms with van der Waals surface area (Å²) >= 11 is 0. The number of aromatic nitrogens is 4. The number of hydrogen-bond acceptors (Lipinski definition) is 4. The van der Waals surface area contributed by atoms with Gasteiger partial charge in [-0.25, -0.2) is 9.97 Å². The number of fused-ring (bicyclic) bond motifs is 14. The van der Waals surface area contributed by atoms with Crippen molar-refractivity contribution in [1.82, 2.24) is 19.5 Å². The minimum Gasteiger partial charge on any atom is -0.456 e. The largest absolute Gasteiger partial charge is 0.456 e. The van der Waals surface area contributed by atoms with Crippen molar-refractivity contribution in [1.29, 1.82) is 0 Å². The van der Waals surface area contributed by atoms with Gasteiger partial charge in [-0.15, -0.1) is 0 Å². The van der Waals surface area contributed by atoms with Crippen LogP contribution in [0.5, 0.6) is 0 Å². The molecule has 0 saturated carbocycles. The molecule has 0 unspecified atom stereocenters. The van der Waals surface area contributed by atoms with E-state index >= 15 is 0 Å². The van der Waals surface area contributed by atoms with Crippen LogP contribution in [-0.4, -0.2) is 19.5 Å². The van der Waals surface area contributed by atoms with Gasteiger partial charge in [0.05, 0.1) is 22.2 Å². The Kier molecular flexibility index (Phi) is 5.05. The minimum atomic E-state index is 0.622. The van der Waals surface area contributed by atoms with Gasteiger partial charge in [-0.1, -0.05) is 91.0 Å². The highest BCUT2D eigenvalue weighted by Crippen LogP contribution is 2.42. The molecule has 5 heteroatoms. The molecule has 0 aliphatic carbocycles. The lowest BCUT2D eigenvalue weighted by Crippen LogP contribution is -2.04. The second-order valence-corrected chi connectivity index (χ2v) is 12.4. The van der Waals surface area contributed by atoms with Gasteiger partial charge in [0.1, 0.15) is 11.2 Å². The summed E-state index contributed by atoms with van der Waals surface area (Å²) in [5.74, 6) is 0.622. The first-order valence-electron chi connectivity index (χ1n) is 16.1. The van der Waals surface area contributed by atoms with Crippen molar-refractivity contribution in [3.05, 3.63) is 146 Å². The molecule has 11 aromatic rings. The smallest absolute Gasteiger partial charge is 0.235 e. The van der Waals surface area contributed by atoms with Crippen LogP contribution < -0.4 is 0 Å². The average Bonchev–Trinajstić information content (AvgIpc) is 3.69. The molecule has 0 fully saturated rings. The summed E-state index contributed by atoms with van der Waals surface area (Å²) in [4.78, 5) is 15.4. The Balaban J connectivity index is 1.34. The van der Waals surface area contributed by atoms with Crippen LogP contribution >= 0.6 is 0 Å². The Labute approximate surface area is 273 Å². The summed E-state index contributed by atoms with van der Waals surface area (Å²) < 4.78 is 8.53. The molecule has 0 saturated heterocycles. The molecule has 7 aromatic carbocycles. The molecule has 0 aliphatic rings. The number of hydrogen-bond donors (Lipinski definition) is 0. The standard InChI is InChI=1S/C43H24N4O/c1-3-14-30-27(11-1)28-12-2-4-15-31(28)42-40(30)41(26-10-9-21-44-24-26)45-43(46-42)47-35-17-7-5-13-29(35)34-22-25-19-20-38-39(33(25)23-36(34)47)32-16-6-8-18-37(32)48-38/h1-24H. The topological polar surface area (TPSA) is 56.7 Å². The van der Waals surface area contributed by atoms with E-state index in [0.717, 1.165) is 87.4 Å². The molecular weight excluding hydrogens is 589 g/mol. The van der Waals surface area contributed by atoms with Crippen molar-refractivity contribution in [2.24, 2.45) is 0 Å².